The monoisotopic (exact) mass is 695 g/mol. The molecule has 8 heteroatoms. The molecule has 0 saturated carbocycles. The average Bonchev–Trinajstić information content (AvgIpc) is 2.88. The highest BCUT2D eigenvalue weighted by Gasteiger charge is 1.97. The predicted octanol–water partition coefficient (Wildman–Crippen LogP) is 6.75. The van der Waals surface area contributed by atoms with Crippen LogP contribution in [0.2, 0.25) is 0 Å². The van der Waals surface area contributed by atoms with Gasteiger partial charge in [-0.1, -0.05) is 80.4 Å². The Hall–Kier alpha value is -1.69. The number of halogens is 3. The number of rotatable bonds is 5. The Balaban J connectivity index is 0.000000190. The fraction of sp³-hybridized carbons (Fsp3) is 0.0769. The Morgan fingerprint density at radius 2 is 1.00 bits per heavy atom. The molecule has 4 aromatic rings. The lowest BCUT2D eigenvalue weighted by Crippen LogP contribution is -1.99. The van der Waals surface area contributed by atoms with Gasteiger partial charge in [0.2, 0.25) is 0 Å². The first-order chi connectivity index (χ1) is 16.4. The molecule has 0 amide bonds. The summed E-state index contributed by atoms with van der Waals surface area (Å²) in [6.07, 6.45) is 0. The molecule has 1 radical (unpaired) electrons. The van der Waals surface area contributed by atoms with Crippen molar-refractivity contribution >= 4 is 62.1 Å². The topological polar surface area (TPSA) is 69.9 Å². The maximum absolute atomic E-state index is 8.93. The van der Waals surface area contributed by atoms with Crippen molar-refractivity contribution in [2.75, 3.05) is 0 Å². The van der Waals surface area contributed by atoms with E-state index in [1.54, 1.807) is 24.3 Å². The molecule has 0 atom stereocenters. The standard InChI is InChI=1S/C13H11BrO.C7H8BO3.C6H4BrI/c14-13-7-5-12(6-8-13)11-3-1-10(9-15)2-4-11;9-5-6-1-3-7(4-2-6)11-8-10;7-5-1-3-6(8)4-2-5/h1-8,15H,9H2;1-4,9-10H,5H2;1-4H. The first kappa shape index (κ1) is 28.6. The number of aliphatic hydroxyl groups is 2. The molecule has 4 rings (SSSR count). The van der Waals surface area contributed by atoms with Crippen LogP contribution in [0.3, 0.4) is 0 Å². The first-order valence-corrected chi connectivity index (χ1v) is 12.8. The van der Waals surface area contributed by atoms with Crippen LogP contribution in [0.5, 0.6) is 5.75 Å². The van der Waals surface area contributed by atoms with Crippen molar-refractivity contribution in [3.8, 4) is 16.9 Å². The van der Waals surface area contributed by atoms with Gasteiger partial charge in [-0.05, 0) is 93.4 Å². The second kappa shape index (κ2) is 16.1. The molecule has 34 heavy (non-hydrogen) atoms. The smallest absolute Gasteiger partial charge is 0.537 e. The number of aliphatic hydroxyl groups excluding tert-OH is 2. The Labute approximate surface area is 231 Å². The van der Waals surface area contributed by atoms with Crippen molar-refractivity contribution in [3.63, 3.8) is 0 Å². The minimum atomic E-state index is 0.0170. The van der Waals surface area contributed by atoms with Gasteiger partial charge in [0.15, 0.2) is 0 Å². The zero-order chi connectivity index (χ0) is 24.8. The van der Waals surface area contributed by atoms with E-state index < -0.39 is 0 Å². The highest BCUT2D eigenvalue weighted by atomic mass is 127. The van der Waals surface area contributed by atoms with Gasteiger partial charge < -0.3 is 19.9 Å². The van der Waals surface area contributed by atoms with Crippen LogP contribution in [0.4, 0.5) is 0 Å². The summed E-state index contributed by atoms with van der Waals surface area (Å²) in [4.78, 5) is 0. The van der Waals surface area contributed by atoms with Gasteiger partial charge in [0.1, 0.15) is 0 Å². The molecule has 0 aliphatic carbocycles. The van der Waals surface area contributed by atoms with Gasteiger partial charge >= 0.3 is 7.69 Å². The molecule has 0 fully saturated rings. The van der Waals surface area contributed by atoms with Crippen LogP contribution in [0.25, 0.3) is 11.1 Å². The molecule has 0 aliphatic heterocycles. The third-order valence-electron chi connectivity index (χ3n) is 4.41. The molecule has 0 spiro atoms. The van der Waals surface area contributed by atoms with Crippen molar-refractivity contribution < 1.29 is 19.9 Å². The third-order valence-corrected chi connectivity index (χ3v) is 6.19. The van der Waals surface area contributed by atoms with Crippen LogP contribution in [-0.4, -0.2) is 22.9 Å². The SMILES string of the molecule is Brc1ccc(I)cc1.OCc1ccc(-c2ccc(Br)cc2)cc1.O[B]Oc1ccc(CO)cc1. The summed E-state index contributed by atoms with van der Waals surface area (Å²) >= 11 is 9.03. The summed E-state index contributed by atoms with van der Waals surface area (Å²) in [5, 5.41) is 25.8. The molecule has 0 bridgehead atoms. The summed E-state index contributed by atoms with van der Waals surface area (Å²) in [5.74, 6) is 0.546. The van der Waals surface area contributed by atoms with E-state index in [-0.39, 0.29) is 13.2 Å². The van der Waals surface area contributed by atoms with E-state index in [0.29, 0.717) is 13.4 Å². The summed E-state index contributed by atoms with van der Waals surface area (Å²) in [6.45, 7) is 0.115. The van der Waals surface area contributed by atoms with Crippen LogP contribution in [0.15, 0.2) is 106 Å². The van der Waals surface area contributed by atoms with Crippen LogP contribution < -0.4 is 4.65 Å². The molecule has 4 nitrogen and oxygen atoms in total. The number of hydrogen-bond acceptors (Lipinski definition) is 4. The van der Waals surface area contributed by atoms with Crippen LogP contribution in [0.1, 0.15) is 11.1 Å². The highest BCUT2D eigenvalue weighted by molar-refractivity contribution is 14.1. The lowest BCUT2D eigenvalue weighted by atomic mass is 10.0. The summed E-state index contributed by atoms with van der Waals surface area (Å²) < 4.78 is 8.14. The minimum Gasteiger partial charge on any atom is -0.537 e. The normalized spacial score (nSPS) is 9.71. The Kier molecular flexibility index (Phi) is 13.5. The van der Waals surface area contributed by atoms with Gasteiger partial charge in [-0.25, -0.2) is 0 Å². The van der Waals surface area contributed by atoms with Gasteiger partial charge in [-0.3, -0.25) is 0 Å². The fourth-order valence-electron chi connectivity index (χ4n) is 2.61. The second-order valence-corrected chi connectivity index (χ2v) is 9.90. The zero-order valence-corrected chi connectivity index (χ0v) is 23.4. The van der Waals surface area contributed by atoms with E-state index in [1.807, 2.05) is 48.5 Å². The van der Waals surface area contributed by atoms with Gasteiger partial charge in [0, 0.05) is 12.5 Å². The first-order valence-electron chi connectivity index (χ1n) is 10.1. The molecule has 4 aromatic carbocycles. The van der Waals surface area contributed by atoms with E-state index in [9.17, 15) is 0 Å². The minimum absolute atomic E-state index is 0.0170. The van der Waals surface area contributed by atoms with Crippen molar-refractivity contribution in [2.24, 2.45) is 0 Å². The van der Waals surface area contributed by atoms with Crippen molar-refractivity contribution in [2.45, 2.75) is 13.2 Å². The van der Waals surface area contributed by atoms with E-state index in [4.69, 9.17) is 15.2 Å². The molecule has 0 unspecified atom stereocenters. The van der Waals surface area contributed by atoms with Crippen molar-refractivity contribution in [3.05, 3.63) is 121 Å². The van der Waals surface area contributed by atoms with E-state index in [0.717, 1.165) is 20.1 Å². The van der Waals surface area contributed by atoms with Gasteiger partial charge in [0.05, 0.1) is 19.0 Å². The Morgan fingerprint density at radius 1 is 0.618 bits per heavy atom. The quantitative estimate of drug-likeness (QED) is 0.160. The predicted molar refractivity (Wildman–Crippen MR) is 153 cm³/mol. The van der Waals surface area contributed by atoms with Crippen LogP contribution in [-0.2, 0) is 13.2 Å². The fourth-order valence-corrected chi connectivity index (χ4v) is 3.50. The third kappa shape index (κ3) is 10.7. The van der Waals surface area contributed by atoms with Crippen molar-refractivity contribution in [1.82, 2.24) is 0 Å². The maximum Gasteiger partial charge on any atom is 0.569 e. The van der Waals surface area contributed by atoms with Gasteiger partial charge in [0.25, 0.3) is 0 Å². The molecular weight excluding hydrogens is 674 g/mol. The maximum atomic E-state index is 8.93. The molecule has 3 N–H and O–H groups in total. The molecule has 0 aromatic heterocycles. The van der Waals surface area contributed by atoms with E-state index in [2.05, 4.69) is 83.4 Å². The summed E-state index contributed by atoms with van der Waals surface area (Å²) in [6, 6.07) is 31.1. The van der Waals surface area contributed by atoms with Gasteiger partial charge in [-0.2, -0.15) is 0 Å². The largest absolute Gasteiger partial charge is 0.569 e. The van der Waals surface area contributed by atoms with E-state index in [1.165, 1.54) is 14.7 Å². The molecular formula is C26H23BBr2IO4. The highest BCUT2D eigenvalue weighted by Crippen LogP contribution is 2.22. The second-order valence-electron chi connectivity index (χ2n) is 6.82. The summed E-state index contributed by atoms with van der Waals surface area (Å²) in [7, 11) is 0.619. The summed E-state index contributed by atoms with van der Waals surface area (Å²) in [5.41, 5.74) is 4.11. The molecule has 0 heterocycles. The molecule has 0 aliphatic rings. The average molecular weight is 697 g/mol. The van der Waals surface area contributed by atoms with Crippen LogP contribution in [0, 0.1) is 3.57 Å². The Bertz CT molecular complexity index is 1070. The van der Waals surface area contributed by atoms with Crippen molar-refractivity contribution in [1.29, 1.82) is 0 Å². The van der Waals surface area contributed by atoms with Crippen LogP contribution >= 0.6 is 54.5 Å². The number of hydrogen-bond donors (Lipinski definition) is 3. The lowest BCUT2D eigenvalue weighted by molar-refractivity contribution is 0.281. The zero-order valence-electron chi connectivity index (χ0n) is 18.1. The molecule has 0 saturated heterocycles. The number of benzene rings is 4. The molecule has 175 valence electrons. The lowest BCUT2D eigenvalue weighted by Gasteiger charge is -2.02. The van der Waals surface area contributed by atoms with E-state index >= 15 is 0 Å². The van der Waals surface area contributed by atoms with Gasteiger partial charge in [-0.15, -0.1) is 0 Å². The Morgan fingerprint density at radius 3 is 1.38 bits per heavy atom.